The van der Waals surface area contributed by atoms with Gasteiger partial charge in [0.2, 0.25) is 0 Å². The van der Waals surface area contributed by atoms with E-state index in [4.69, 9.17) is 0 Å². The molecule has 0 bridgehead atoms. The number of thiazole rings is 1. The van der Waals surface area contributed by atoms with Gasteiger partial charge >= 0.3 is 0 Å². The molecule has 1 amide bonds. The minimum absolute atomic E-state index is 0.0299. The molecular formula is C15H24N2O2S. The zero-order chi connectivity index (χ0) is 15.0. The van der Waals surface area contributed by atoms with Crippen LogP contribution in [0.15, 0.2) is 5.51 Å². The average molecular weight is 296 g/mol. The molecule has 1 aromatic heterocycles. The van der Waals surface area contributed by atoms with Crippen LogP contribution < -0.4 is 0 Å². The Bertz CT molecular complexity index is 484. The summed E-state index contributed by atoms with van der Waals surface area (Å²) in [4.78, 5) is 19.3. The average Bonchev–Trinajstić information content (AvgIpc) is 2.95. The van der Waals surface area contributed by atoms with Gasteiger partial charge in [-0.05, 0) is 12.8 Å². The van der Waals surface area contributed by atoms with Crippen LogP contribution in [0.3, 0.4) is 0 Å². The van der Waals surface area contributed by atoms with Crippen LogP contribution in [0.25, 0.3) is 0 Å². The van der Waals surface area contributed by atoms with Crippen LogP contribution >= 0.6 is 11.3 Å². The maximum absolute atomic E-state index is 12.6. The zero-order valence-electron chi connectivity index (χ0n) is 12.8. The summed E-state index contributed by atoms with van der Waals surface area (Å²) in [5.74, 6) is -0.0299. The van der Waals surface area contributed by atoms with E-state index in [1.807, 2.05) is 0 Å². The summed E-state index contributed by atoms with van der Waals surface area (Å²) >= 11 is 1.39. The van der Waals surface area contributed by atoms with Crippen molar-refractivity contribution in [1.29, 1.82) is 0 Å². The van der Waals surface area contributed by atoms with Crippen molar-refractivity contribution in [2.24, 2.45) is 0 Å². The molecule has 1 N–H and O–H groups in total. The van der Waals surface area contributed by atoms with Crippen molar-refractivity contribution in [1.82, 2.24) is 9.88 Å². The highest BCUT2D eigenvalue weighted by molar-refractivity contribution is 7.11. The summed E-state index contributed by atoms with van der Waals surface area (Å²) in [6, 6.07) is 0. The fourth-order valence-corrected chi connectivity index (χ4v) is 3.80. The second-order valence-corrected chi connectivity index (χ2v) is 7.73. The molecule has 0 atom stereocenters. The maximum Gasteiger partial charge on any atom is 0.265 e. The second-order valence-electron chi connectivity index (χ2n) is 6.87. The fourth-order valence-electron chi connectivity index (χ4n) is 2.81. The van der Waals surface area contributed by atoms with Crippen molar-refractivity contribution >= 4 is 17.2 Å². The van der Waals surface area contributed by atoms with E-state index in [9.17, 15) is 9.90 Å². The standard InChI is InChI=1S/C15H24N2O2S/c1-14(2,3)12-11(20-10-16-12)13(18)17(4)9-15(19)7-5-6-8-15/h10,19H,5-9H2,1-4H3. The van der Waals surface area contributed by atoms with Crippen LogP contribution in [0.4, 0.5) is 0 Å². The van der Waals surface area contributed by atoms with Gasteiger partial charge in [0.05, 0.1) is 16.8 Å². The molecule has 1 aliphatic rings. The highest BCUT2D eigenvalue weighted by Crippen LogP contribution is 2.32. The third-order valence-corrected chi connectivity index (χ3v) is 4.70. The van der Waals surface area contributed by atoms with Crippen molar-refractivity contribution < 1.29 is 9.90 Å². The van der Waals surface area contributed by atoms with Crippen LogP contribution in [-0.2, 0) is 5.41 Å². The first-order valence-electron chi connectivity index (χ1n) is 7.15. The Morgan fingerprint density at radius 2 is 2.05 bits per heavy atom. The number of likely N-dealkylation sites (N-methyl/N-ethyl adjacent to an activating group) is 1. The molecule has 0 saturated heterocycles. The molecule has 1 heterocycles. The third kappa shape index (κ3) is 3.20. The van der Waals surface area contributed by atoms with E-state index < -0.39 is 5.60 Å². The van der Waals surface area contributed by atoms with Gasteiger partial charge in [0.1, 0.15) is 4.88 Å². The van der Waals surface area contributed by atoms with Gasteiger partial charge in [0.25, 0.3) is 5.91 Å². The van der Waals surface area contributed by atoms with Gasteiger partial charge in [-0.15, -0.1) is 11.3 Å². The highest BCUT2D eigenvalue weighted by Gasteiger charge is 2.35. The molecule has 112 valence electrons. The van der Waals surface area contributed by atoms with E-state index in [-0.39, 0.29) is 11.3 Å². The van der Waals surface area contributed by atoms with Gasteiger partial charge < -0.3 is 10.0 Å². The first kappa shape index (κ1) is 15.4. The highest BCUT2D eigenvalue weighted by atomic mass is 32.1. The summed E-state index contributed by atoms with van der Waals surface area (Å²) in [6.07, 6.45) is 3.68. The maximum atomic E-state index is 12.6. The van der Waals surface area contributed by atoms with E-state index in [1.54, 1.807) is 17.5 Å². The van der Waals surface area contributed by atoms with E-state index in [1.165, 1.54) is 11.3 Å². The first-order chi connectivity index (χ1) is 9.23. The number of carbonyl (C=O) groups excluding carboxylic acids is 1. The Hall–Kier alpha value is -0.940. The molecule has 4 nitrogen and oxygen atoms in total. The summed E-state index contributed by atoms with van der Waals surface area (Å²) in [7, 11) is 1.77. The predicted octanol–water partition coefficient (Wildman–Crippen LogP) is 2.82. The van der Waals surface area contributed by atoms with Gasteiger partial charge in [-0.3, -0.25) is 4.79 Å². The quantitative estimate of drug-likeness (QED) is 0.933. The molecule has 20 heavy (non-hydrogen) atoms. The molecule has 1 fully saturated rings. The summed E-state index contributed by atoms with van der Waals surface area (Å²) in [5.41, 5.74) is 1.73. The van der Waals surface area contributed by atoms with E-state index in [0.717, 1.165) is 31.4 Å². The smallest absolute Gasteiger partial charge is 0.265 e. The van der Waals surface area contributed by atoms with Crippen molar-refractivity contribution in [3.63, 3.8) is 0 Å². The fraction of sp³-hybridized carbons (Fsp3) is 0.733. The Labute approximate surface area is 124 Å². The minimum Gasteiger partial charge on any atom is -0.388 e. The predicted molar refractivity (Wildman–Crippen MR) is 81.2 cm³/mol. The van der Waals surface area contributed by atoms with Gasteiger partial charge in [-0.2, -0.15) is 0 Å². The Morgan fingerprint density at radius 3 is 2.60 bits per heavy atom. The molecule has 1 saturated carbocycles. The summed E-state index contributed by atoms with van der Waals surface area (Å²) < 4.78 is 0. The van der Waals surface area contributed by atoms with Crippen molar-refractivity contribution in [3.05, 3.63) is 16.1 Å². The number of amides is 1. The van der Waals surface area contributed by atoms with Gasteiger partial charge in [-0.1, -0.05) is 33.6 Å². The van der Waals surface area contributed by atoms with E-state index in [0.29, 0.717) is 11.4 Å². The molecular weight excluding hydrogens is 272 g/mol. The molecule has 2 rings (SSSR count). The van der Waals surface area contributed by atoms with Crippen molar-refractivity contribution in [2.75, 3.05) is 13.6 Å². The van der Waals surface area contributed by atoms with Crippen LogP contribution in [0, 0.1) is 0 Å². The van der Waals surface area contributed by atoms with Crippen LogP contribution in [0.1, 0.15) is 61.8 Å². The SMILES string of the molecule is CN(CC1(O)CCCC1)C(=O)c1scnc1C(C)(C)C. The number of hydrogen-bond donors (Lipinski definition) is 1. The lowest BCUT2D eigenvalue weighted by molar-refractivity contribution is 0.0157. The molecule has 1 aliphatic carbocycles. The number of carbonyl (C=O) groups is 1. The van der Waals surface area contributed by atoms with Crippen LogP contribution in [-0.4, -0.2) is 40.1 Å². The van der Waals surface area contributed by atoms with Crippen LogP contribution in [0.2, 0.25) is 0 Å². The van der Waals surface area contributed by atoms with E-state index in [2.05, 4.69) is 25.8 Å². The molecule has 0 aliphatic heterocycles. The lowest BCUT2D eigenvalue weighted by Gasteiger charge is -2.29. The minimum atomic E-state index is -0.697. The number of aliphatic hydroxyl groups is 1. The van der Waals surface area contributed by atoms with Crippen molar-refractivity contribution in [3.8, 4) is 0 Å². The van der Waals surface area contributed by atoms with Gasteiger partial charge in [0, 0.05) is 19.0 Å². The zero-order valence-corrected chi connectivity index (χ0v) is 13.6. The molecule has 1 aromatic rings. The Kier molecular flexibility index (Phi) is 4.21. The van der Waals surface area contributed by atoms with Gasteiger partial charge in [-0.25, -0.2) is 4.98 Å². The normalized spacial score (nSPS) is 18.2. The van der Waals surface area contributed by atoms with E-state index >= 15 is 0 Å². The first-order valence-corrected chi connectivity index (χ1v) is 8.03. The number of hydrogen-bond acceptors (Lipinski definition) is 4. The largest absolute Gasteiger partial charge is 0.388 e. The number of rotatable bonds is 3. The van der Waals surface area contributed by atoms with Gasteiger partial charge in [0.15, 0.2) is 0 Å². The van der Waals surface area contributed by atoms with Crippen molar-refractivity contribution in [2.45, 2.75) is 57.5 Å². The van der Waals surface area contributed by atoms with Crippen LogP contribution in [0.5, 0.6) is 0 Å². The molecule has 0 radical (unpaired) electrons. The second kappa shape index (κ2) is 5.45. The Morgan fingerprint density at radius 1 is 1.45 bits per heavy atom. The lowest BCUT2D eigenvalue weighted by Crippen LogP contribution is -2.42. The lowest BCUT2D eigenvalue weighted by atomic mass is 9.91. The molecule has 0 unspecified atom stereocenters. The molecule has 0 aromatic carbocycles. The summed E-state index contributed by atoms with van der Waals surface area (Å²) in [6.45, 7) is 6.59. The third-order valence-electron chi connectivity index (χ3n) is 3.88. The molecule has 0 spiro atoms. The molecule has 5 heteroatoms. The number of nitrogens with zero attached hydrogens (tertiary/aromatic N) is 2. The Balaban J connectivity index is 2.13. The monoisotopic (exact) mass is 296 g/mol. The topological polar surface area (TPSA) is 53.4 Å². The summed E-state index contributed by atoms with van der Waals surface area (Å²) in [5, 5.41) is 10.4. The number of aromatic nitrogens is 1.